The molecule has 106 valence electrons. The van der Waals surface area contributed by atoms with Gasteiger partial charge in [-0.1, -0.05) is 30.3 Å². The molecule has 2 aliphatic rings. The Hall–Kier alpha value is -2.05. The van der Waals surface area contributed by atoms with Gasteiger partial charge >= 0.3 is 12.2 Å². The molecule has 1 spiro atoms. The van der Waals surface area contributed by atoms with Crippen molar-refractivity contribution in [2.75, 3.05) is 0 Å². The van der Waals surface area contributed by atoms with Gasteiger partial charge in [-0.25, -0.2) is 9.69 Å². The molecule has 0 aromatic heterocycles. The van der Waals surface area contributed by atoms with Crippen LogP contribution in [0.3, 0.4) is 0 Å². The first kappa shape index (κ1) is 13.0. The molecule has 20 heavy (non-hydrogen) atoms. The van der Waals surface area contributed by atoms with Crippen LogP contribution in [-0.4, -0.2) is 28.6 Å². The van der Waals surface area contributed by atoms with Crippen molar-refractivity contribution < 1.29 is 22.8 Å². The predicted octanol–water partition coefficient (Wildman–Crippen LogP) is 2.37. The number of hydrogen-bond acceptors (Lipinski definition) is 2. The Kier molecular flexibility index (Phi) is 2.57. The van der Waals surface area contributed by atoms with Crippen molar-refractivity contribution in [3.63, 3.8) is 0 Å². The van der Waals surface area contributed by atoms with Gasteiger partial charge in [-0.05, 0) is 18.4 Å². The van der Waals surface area contributed by atoms with Gasteiger partial charge in [-0.2, -0.15) is 13.2 Å². The molecule has 1 saturated heterocycles. The number of benzene rings is 1. The zero-order chi connectivity index (χ0) is 14.5. The number of nitrogens with one attached hydrogen (secondary N) is 1. The average molecular weight is 284 g/mol. The number of rotatable bonds is 2. The third-order valence-electron chi connectivity index (χ3n) is 3.63. The second-order valence-electron chi connectivity index (χ2n) is 5.04. The number of amides is 3. The molecule has 1 N–H and O–H groups in total. The van der Waals surface area contributed by atoms with E-state index in [9.17, 15) is 22.8 Å². The molecule has 1 atom stereocenters. The van der Waals surface area contributed by atoms with Crippen LogP contribution in [0.4, 0.5) is 18.0 Å². The molecule has 3 amide bonds. The molecule has 0 bridgehead atoms. The molecule has 4 nitrogen and oxygen atoms in total. The van der Waals surface area contributed by atoms with E-state index in [1.165, 1.54) is 24.3 Å². The molecule has 3 rings (SSSR count). The number of carbonyl (C=O) groups is 2. The van der Waals surface area contributed by atoms with Crippen LogP contribution in [0, 0.1) is 0 Å². The maximum atomic E-state index is 13.3. The summed E-state index contributed by atoms with van der Waals surface area (Å²) in [4.78, 5) is 24.2. The number of nitrogens with zero attached hydrogens (tertiary/aromatic N) is 1. The third-order valence-corrected chi connectivity index (χ3v) is 3.63. The highest BCUT2D eigenvalue weighted by atomic mass is 19.4. The van der Waals surface area contributed by atoms with E-state index in [0.717, 1.165) is 0 Å². The van der Waals surface area contributed by atoms with Crippen LogP contribution in [0.1, 0.15) is 24.4 Å². The summed E-state index contributed by atoms with van der Waals surface area (Å²) in [6.45, 7) is 0. The summed E-state index contributed by atoms with van der Waals surface area (Å²) in [6, 6.07) is 3.77. The van der Waals surface area contributed by atoms with E-state index in [1.54, 1.807) is 6.07 Å². The van der Waals surface area contributed by atoms with E-state index in [1.807, 2.05) is 0 Å². The van der Waals surface area contributed by atoms with Crippen LogP contribution < -0.4 is 5.32 Å². The molecule has 0 unspecified atom stereocenters. The number of hydrogen-bond donors (Lipinski definition) is 1. The lowest BCUT2D eigenvalue weighted by Gasteiger charge is -2.27. The van der Waals surface area contributed by atoms with Crippen LogP contribution in [0.25, 0.3) is 0 Å². The van der Waals surface area contributed by atoms with E-state index >= 15 is 0 Å². The second kappa shape index (κ2) is 3.97. The minimum Gasteiger partial charge on any atom is -0.323 e. The zero-order valence-electron chi connectivity index (χ0n) is 10.3. The van der Waals surface area contributed by atoms with Gasteiger partial charge in [-0.15, -0.1) is 0 Å². The van der Waals surface area contributed by atoms with Crippen molar-refractivity contribution in [3.05, 3.63) is 35.9 Å². The highest BCUT2D eigenvalue weighted by molar-refractivity contribution is 6.09. The largest absolute Gasteiger partial charge is 0.413 e. The fourth-order valence-electron chi connectivity index (χ4n) is 2.46. The van der Waals surface area contributed by atoms with Crippen LogP contribution >= 0.6 is 0 Å². The Balaban J connectivity index is 2.03. The SMILES string of the molecule is O=C1NC2(CC2)C(=O)N1[C@@H](c1ccccc1)C(F)(F)F. The first-order valence-electron chi connectivity index (χ1n) is 6.13. The molecular weight excluding hydrogens is 273 g/mol. The summed E-state index contributed by atoms with van der Waals surface area (Å²) in [7, 11) is 0. The van der Waals surface area contributed by atoms with Crippen LogP contribution in [-0.2, 0) is 4.79 Å². The zero-order valence-corrected chi connectivity index (χ0v) is 10.3. The van der Waals surface area contributed by atoms with Crippen molar-refractivity contribution in [1.29, 1.82) is 0 Å². The van der Waals surface area contributed by atoms with Crippen molar-refractivity contribution in [2.24, 2.45) is 0 Å². The summed E-state index contributed by atoms with van der Waals surface area (Å²) >= 11 is 0. The maximum Gasteiger partial charge on any atom is 0.413 e. The van der Waals surface area contributed by atoms with Crippen molar-refractivity contribution in [2.45, 2.75) is 30.6 Å². The van der Waals surface area contributed by atoms with Gasteiger partial charge in [0.05, 0.1) is 0 Å². The standard InChI is InChI=1S/C13H11F3N2O2/c14-13(15,16)9(8-4-2-1-3-5-8)18-10(19)12(6-7-12)17-11(18)20/h1-5,9H,6-7H2,(H,17,20)/t9-/m0/s1. The monoisotopic (exact) mass is 284 g/mol. The Labute approximate surface area is 112 Å². The van der Waals surface area contributed by atoms with Crippen molar-refractivity contribution >= 4 is 11.9 Å². The van der Waals surface area contributed by atoms with Crippen LogP contribution in [0.2, 0.25) is 0 Å². The summed E-state index contributed by atoms with van der Waals surface area (Å²) in [5.74, 6) is -0.784. The summed E-state index contributed by atoms with van der Waals surface area (Å²) in [5, 5.41) is 2.36. The molecule has 1 saturated carbocycles. The van der Waals surface area contributed by atoms with Gasteiger partial charge < -0.3 is 5.32 Å². The van der Waals surface area contributed by atoms with E-state index in [2.05, 4.69) is 5.32 Å². The summed E-state index contributed by atoms with van der Waals surface area (Å²) < 4.78 is 39.9. The van der Waals surface area contributed by atoms with Gasteiger partial charge in [-0.3, -0.25) is 4.79 Å². The molecule has 7 heteroatoms. The molecule has 0 radical (unpaired) electrons. The van der Waals surface area contributed by atoms with E-state index < -0.39 is 29.7 Å². The maximum absolute atomic E-state index is 13.3. The van der Waals surface area contributed by atoms with E-state index in [0.29, 0.717) is 17.7 Å². The first-order chi connectivity index (χ1) is 9.35. The smallest absolute Gasteiger partial charge is 0.323 e. The van der Waals surface area contributed by atoms with Crippen LogP contribution in [0.15, 0.2) is 30.3 Å². The highest BCUT2D eigenvalue weighted by Gasteiger charge is 2.64. The topological polar surface area (TPSA) is 49.4 Å². The summed E-state index contributed by atoms with van der Waals surface area (Å²) in [5.41, 5.74) is -1.21. The predicted molar refractivity (Wildman–Crippen MR) is 62.6 cm³/mol. The molecule has 1 aliphatic carbocycles. The fraction of sp³-hybridized carbons (Fsp3) is 0.385. The number of halogens is 3. The average Bonchev–Trinajstić information content (AvgIpc) is 3.10. The molecule has 1 heterocycles. The first-order valence-corrected chi connectivity index (χ1v) is 6.13. The van der Waals surface area contributed by atoms with Crippen molar-refractivity contribution in [1.82, 2.24) is 10.2 Å². The second-order valence-corrected chi connectivity index (χ2v) is 5.04. The van der Waals surface area contributed by atoms with Gasteiger partial charge in [0.1, 0.15) is 5.54 Å². The Morgan fingerprint density at radius 2 is 1.75 bits per heavy atom. The van der Waals surface area contributed by atoms with Gasteiger partial charge in [0.2, 0.25) is 0 Å². The molecule has 1 aliphatic heterocycles. The summed E-state index contributed by atoms with van der Waals surface area (Å²) in [6.07, 6.45) is -3.92. The van der Waals surface area contributed by atoms with Crippen LogP contribution in [0.5, 0.6) is 0 Å². The molecular formula is C13H11F3N2O2. The number of imide groups is 1. The fourth-order valence-corrected chi connectivity index (χ4v) is 2.46. The molecule has 1 aromatic carbocycles. The Bertz CT molecular complexity index is 567. The van der Waals surface area contributed by atoms with Gasteiger partial charge in [0.25, 0.3) is 5.91 Å². The Morgan fingerprint density at radius 3 is 2.20 bits per heavy atom. The third kappa shape index (κ3) is 1.85. The van der Waals surface area contributed by atoms with Gasteiger partial charge in [0, 0.05) is 0 Å². The number of alkyl halides is 3. The minimum atomic E-state index is -4.71. The van der Waals surface area contributed by atoms with E-state index in [4.69, 9.17) is 0 Å². The Morgan fingerprint density at radius 1 is 1.15 bits per heavy atom. The van der Waals surface area contributed by atoms with E-state index in [-0.39, 0.29) is 5.56 Å². The molecule has 1 aromatic rings. The number of carbonyl (C=O) groups excluding carboxylic acids is 2. The number of urea groups is 1. The lowest BCUT2D eigenvalue weighted by atomic mass is 10.0. The lowest BCUT2D eigenvalue weighted by Crippen LogP contribution is -2.43. The normalized spacial score (nSPS) is 22.1. The minimum absolute atomic E-state index is 0.124. The van der Waals surface area contributed by atoms with Crippen molar-refractivity contribution in [3.8, 4) is 0 Å². The quantitative estimate of drug-likeness (QED) is 0.848. The lowest BCUT2D eigenvalue weighted by molar-refractivity contribution is -0.182. The van der Waals surface area contributed by atoms with Gasteiger partial charge in [0.15, 0.2) is 6.04 Å². The molecule has 2 fully saturated rings. The highest BCUT2D eigenvalue weighted by Crippen LogP contribution is 2.47.